The van der Waals surface area contributed by atoms with Crippen LogP contribution < -0.4 is 14.9 Å². The summed E-state index contributed by atoms with van der Waals surface area (Å²) in [5, 5.41) is 11.7. The zero-order valence-electron chi connectivity index (χ0n) is 14.7. The molecule has 0 amide bonds. The Kier molecular flexibility index (Phi) is 4.09. The summed E-state index contributed by atoms with van der Waals surface area (Å²) in [5.41, 5.74) is 6.13. The highest BCUT2D eigenvalue weighted by Gasteiger charge is 2.28. The molecule has 3 aromatic rings. The van der Waals surface area contributed by atoms with E-state index in [1.54, 1.807) is 18.3 Å². The summed E-state index contributed by atoms with van der Waals surface area (Å²) >= 11 is 1.52. The molecule has 0 saturated carbocycles. The third-order valence-electron chi connectivity index (χ3n) is 4.63. The van der Waals surface area contributed by atoms with Crippen molar-refractivity contribution in [3.63, 3.8) is 0 Å². The average Bonchev–Trinajstić information content (AvgIpc) is 3.21. The number of aromatic nitrogens is 2. The number of nitro benzene ring substituents is 1. The molecular weight excluding hydrogens is 380 g/mol. The minimum Gasteiger partial charge on any atom is -0.490 e. The highest BCUT2D eigenvalue weighted by atomic mass is 32.2. The van der Waals surface area contributed by atoms with E-state index >= 15 is 0 Å². The van der Waals surface area contributed by atoms with Crippen LogP contribution in [0, 0.1) is 10.1 Å². The summed E-state index contributed by atoms with van der Waals surface area (Å²) < 4.78 is 13.4. The predicted molar refractivity (Wildman–Crippen MR) is 104 cm³/mol. The Labute approximate surface area is 164 Å². The first-order valence-corrected chi connectivity index (χ1v) is 9.72. The number of ether oxygens (including phenoxy) is 2. The Hall–Kier alpha value is -3.20. The van der Waals surface area contributed by atoms with Crippen molar-refractivity contribution in [1.29, 1.82) is 0 Å². The standard InChI is InChI=1S/C19H16N4O4S/c24-23(25)14-4-1-3-13(9-14)18-21-22-15(11-20-19(22)28-18)12-5-6-16-17(10-12)27-8-2-7-26-16/h1,3-6,9-11,18,21H,2,7-8H2. The molecule has 8 nitrogen and oxygen atoms in total. The van der Waals surface area contributed by atoms with Gasteiger partial charge < -0.3 is 14.9 Å². The number of nitro groups is 1. The van der Waals surface area contributed by atoms with Gasteiger partial charge in [-0.3, -0.25) is 10.1 Å². The van der Waals surface area contributed by atoms with Gasteiger partial charge in [0.2, 0.25) is 0 Å². The van der Waals surface area contributed by atoms with Crippen LogP contribution in [0.4, 0.5) is 5.69 Å². The van der Waals surface area contributed by atoms with Crippen molar-refractivity contribution in [2.75, 3.05) is 18.6 Å². The highest BCUT2D eigenvalue weighted by molar-refractivity contribution is 7.99. The first-order valence-electron chi connectivity index (χ1n) is 8.84. The van der Waals surface area contributed by atoms with E-state index in [-0.39, 0.29) is 16.0 Å². The van der Waals surface area contributed by atoms with Gasteiger partial charge in [-0.05, 0) is 23.8 Å². The van der Waals surface area contributed by atoms with Crippen LogP contribution in [0.5, 0.6) is 11.5 Å². The lowest BCUT2D eigenvalue weighted by molar-refractivity contribution is -0.384. The smallest absolute Gasteiger partial charge is 0.269 e. The lowest BCUT2D eigenvalue weighted by Crippen LogP contribution is -2.13. The second-order valence-corrected chi connectivity index (χ2v) is 7.52. The van der Waals surface area contributed by atoms with Gasteiger partial charge in [-0.25, -0.2) is 9.66 Å². The molecule has 9 heteroatoms. The van der Waals surface area contributed by atoms with Gasteiger partial charge in [-0.2, -0.15) is 0 Å². The van der Waals surface area contributed by atoms with Crippen molar-refractivity contribution in [3.8, 4) is 22.8 Å². The maximum atomic E-state index is 11.1. The van der Waals surface area contributed by atoms with Gasteiger partial charge in [0.05, 0.1) is 30.0 Å². The van der Waals surface area contributed by atoms with Crippen molar-refractivity contribution < 1.29 is 14.4 Å². The Morgan fingerprint density at radius 2 is 2.04 bits per heavy atom. The number of fused-ring (bicyclic) bond motifs is 2. The number of nitrogens with one attached hydrogen (secondary N) is 1. The van der Waals surface area contributed by atoms with Crippen LogP contribution in [0.15, 0.2) is 53.8 Å². The lowest BCUT2D eigenvalue weighted by atomic mass is 10.1. The zero-order valence-corrected chi connectivity index (χ0v) is 15.5. The van der Waals surface area contributed by atoms with Crippen molar-refractivity contribution in [3.05, 3.63) is 64.3 Å². The normalized spacial score (nSPS) is 17.5. The molecule has 1 aromatic heterocycles. The summed E-state index contributed by atoms with van der Waals surface area (Å²) in [7, 11) is 0. The molecule has 0 saturated heterocycles. The summed E-state index contributed by atoms with van der Waals surface area (Å²) in [6.07, 6.45) is 2.66. The van der Waals surface area contributed by atoms with E-state index < -0.39 is 0 Å². The van der Waals surface area contributed by atoms with Gasteiger partial charge in [0.25, 0.3) is 5.69 Å². The van der Waals surface area contributed by atoms with Crippen LogP contribution in [-0.4, -0.2) is 27.8 Å². The van der Waals surface area contributed by atoms with Crippen LogP contribution in [0.2, 0.25) is 0 Å². The molecule has 1 atom stereocenters. The number of non-ortho nitro benzene ring substituents is 1. The van der Waals surface area contributed by atoms with E-state index in [2.05, 4.69) is 10.4 Å². The SMILES string of the molecule is O=[N+]([O-])c1cccc(C2Nn3c(-c4ccc5c(c4)OCCCO5)cnc3S2)c1. The molecule has 1 unspecified atom stereocenters. The molecule has 2 aliphatic heterocycles. The van der Waals surface area contributed by atoms with Gasteiger partial charge >= 0.3 is 0 Å². The number of nitrogens with zero attached hydrogens (tertiary/aromatic N) is 3. The molecule has 0 bridgehead atoms. The second kappa shape index (κ2) is 6.75. The quantitative estimate of drug-likeness (QED) is 0.529. The van der Waals surface area contributed by atoms with Crippen molar-refractivity contribution in [2.24, 2.45) is 0 Å². The minimum absolute atomic E-state index is 0.0764. The highest BCUT2D eigenvalue weighted by Crippen LogP contribution is 2.42. The number of rotatable bonds is 3. The number of benzene rings is 2. The topological polar surface area (TPSA) is 91.5 Å². The number of hydrogen-bond donors (Lipinski definition) is 1. The molecular formula is C19H16N4O4S. The molecule has 3 heterocycles. The molecule has 5 rings (SSSR count). The first-order chi connectivity index (χ1) is 13.7. The van der Waals surface area contributed by atoms with E-state index in [0.29, 0.717) is 13.2 Å². The second-order valence-electron chi connectivity index (χ2n) is 6.45. The molecule has 0 fully saturated rings. The van der Waals surface area contributed by atoms with Crippen LogP contribution in [-0.2, 0) is 0 Å². The minimum atomic E-state index is -0.384. The van der Waals surface area contributed by atoms with Crippen molar-refractivity contribution in [1.82, 2.24) is 9.66 Å². The molecule has 1 N–H and O–H groups in total. The summed E-state index contributed by atoms with van der Waals surface area (Å²) in [6, 6.07) is 12.5. The van der Waals surface area contributed by atoms with Gasteiger partial charge in [0.15, 0.2) is 16.7 Å². The Balaban J connectivity index is 1.45. The Bertz CT molecular complexity index is 1070. The predicted octanol–water partition coefficient (Wildman–Crippen LogP) is 3.97. The molecule has 2 aliphatic rings. The van der Waals surface area contributed by atoms with E-state index in [4.69, 9.17) is 9.47 Å². The third kappa shape index (κ3) is 2.93. The van der Waals surface area contributed by atoms with Crippen LogP contribution >= 0.6 is 11.8 Å². The van der Waals surface area contributed by atoms with E-state index in [9.17, 15) is 10.1 Å². The monoisotopic (exact) mass is 396 g/mol. The molecule has 0 radical (unpaired) electrons. The summed E-state index contributed by atoms with van der Waals surface area (Å²) in [4.78, 5) is 15.2. The Morgan fingerprint density at radius 1 is 1.18 bits per heavy atom. The molecule has 2 aromatic carbocycles. The van der Waals surface area contributed by atoms with Crippen molar-refractivity contribution >= 4 is 17.4 Å². The van der Waals surface area contributed by atoms with Crippen LogP contribution in [0.3, 0.4) is 0 Å². The van der Waals surface area contributed by atoms with Gasteiger partial charge in [-0.15, -0.1) is 0 Å². The third-order valence-corrected chi connectivity index (χ3v) is 5.74. The zero-order chi connectivity index (χ0) is 19.1. The maximum Gasteiger partial charge on any atom is 0.269 e. The first kappa shape index (κ1) is 16.9. The fourth-order valence-corrected chi connectivity index (χ4v) is 4.28. The molecule has 0 aliphatic carbocycles. The number of hydrogen-bond acceptors (Lipinski definition) is 7. The fraction of sp³-hybridized carbons (Fsp3) is 0.211. The van der Waals surface area contributed by atoms with E-state index in [1.807, 2.05) is 28.9 Å². The van der Waals surface area contributed by atoms with Crippen LogP contribution in [0.25, 0.3) is 11.3 Å². The van der Waals surface area contributed by atoms with Crippen LogP contribution in [0.1, 0.15) is 17.4 Å². The number of thioether (sulfide) groups is 1. The maximum absolute atomic E-state index is 11.1. The van der Waals surface area contributed by atoms with Gasteiger partial charge in [0.1, 0.15) is 5.37 Å². The summed E-state index contributed by atoms with van der Waals surface area (Å²) in [6.45, 7) is 1.28. The Morgan fingerprint density at radius 3 is 2.89 bits per heavy atom. The van der Waals surface area contributed by atoms with E-state index in [1.165, 1.54) is 17.8 Å². The largest absolute Gasteiger partial charge is 0.490 e. The van der Waals surface area contributed by atoms with Gasteiger partial charge in [-0.1, -0.05) is 23.9 Å². The molecule has 28 heavy (non-hydrogen) atoms. The molecule has 142 valence electrons. The van der Waals surface area contributed by atoms with E-state index in [0.717, 1.165) is 39.9 Å². The molecule has 0 spiro atoms. The van der Waals surface area contributed by atoms with Crippen molar-refractivity contribution in [2.45, 2.75) is 17.0 Å². The lowest BCUT2D eigenvalue weighted by Gasteiger charge is -2.14. The summed E-state index contributed by atoms with van der Waals surface area (Å²) in [5.74, 6) is 1.48. The fourth-order valence-electron chi connectivity index (χ4n) is 3.26. The number of imidazole rings is 1. The average molecular weight is 396 g/mol. The van der Waals surface area contributed by atoms with Gasteiger partial charge in [0, 0.05) is 24.1 Å².